The number of ether oxygens (including phenoxy) is 2. The summed E-state index contributed by atoms with van der Waals surface area (Å²) < 4.78 is 25.6. The molecule has 0 aliphatic carbocycles. The van der Waals surface area contributed by atoms with Crippen LogP contribution in [0.5, 0.6) is 11.5 Å². The van der Waals surface area contributed by atoms with Crippen LogP contribution in [-0.4, -0.2) is 32.2 Å². The summed E-state index contributed by atoms with van der Waals surface area (Å²) >= 11 is 0. The van der Waals surface area contributed by atoms with Gasteiger partial charge in [-0.05, 0) is 74.4 Å². The van der Waals surface area contributed by atoms with E-state index in [0.717, 1.165) is 59.8 Å². The number of benzene rings is 3. The number of carbonyl (C=O) groups excluding carboxylic acids is 1. The second kappa shape index (κ2) is 12.8. The summed E-state index contributed by atoms with van der Waals surface area (Å²) in [5.41, 5.74) is 4.14. The summed E-state index contributed by atoms with van der Waals surface area (Å²) in [6, 6.07) is 19.8. The van der Waals surface area contributed by atoms with Gasteiger partial charge in [0.2, 0.25) is 5.91 Å². The minimum Gasteiger partial charge on any atom is -0.493 e. The topological polar surface area (TPSA) is 79.2 Å². The molecule has 3 aromatic carbocycles. The highest BCUT2D eigenvalue weighted by Crippen LogP contribution is 2.41. The molecule has 0 spiro atoms. The van der Waals surface area contributed by atoms with Gasteiger partial charge >= 0.3 is 0 Å². The second-order valence-corrected chi connectivity index (χ2v) is 10.0. The highest BCUT2D eigenvalue weighted by molar-refractivity contribution is 5.96. The van der Waals surface area contributed by atoms with Gasteiger partial charge in [-0.25, -0.2) is 4.39 Å². The van der Waals surface area contributed by atoms with Gasteiger partial charge in [-0.15, -0.1) is 0 Å². The zero-order valence-electron chi connectivity index (χ0n) is 23.0. The van der Waals surface area contributed by atoms with Gasteiger partial charge in [0.15, 0.2) is 0 Å². The number of nitrogens with two attached hydrogens (primary N) is 1. The van der Waals surface area contributed by atoms with Crippen molar-refractivity contribution in [3.05, 3.63) is 77.6 Å². The Hall–Kier alpha value is -3.89. The van der Waals surface area contributed by atoms with E-state index >= 15 is 0 Å². The third kappa shape index (κ3) is 6.58. The molecule has 1 atom stereocenters. The minimum atomic E-state index is -0.283. The fraction of sp³-hybridized carbons (Fsp3) is 0.375. The van der Waals surface area contributed by atoms with Crippen LogP contribution in [0.25, 0.3) is 11.1 Å². The van der Waals surface area contributed by atoms with Crippen molar-refractivity contribution in [1.82, 2.24) is 0 Å². The van der Waals surface area contributed by atoms with Crippen LogP contribution >= 0.6 is 0 Å². The molecule has 1 saturated heterocycles. The smallest absolute Gasteiger partial charge is 0.227 e. The predicted molar refractivity (Wildman–Crippen MR) is 150 cm³/mol. The molecule has 0 radical (unpaired) electrons. The largest absolute Gasteiger partial charge is 0.493 e. The molecule has 1 unspecified atom stereocenters. The Labute approximate surface area is 230 Å². The second-order valence-electron chi connectivity index (χ2n) is 10.0. The van der Waals surface area contributed by atoms with Gasteiger partial charge in [0.1, 0.15) is 23.9 Å². The van der Waals surface area contributed by atoms with Crippen LogP contribution in [0.2, 0.25) is 0 Å². The van der Waals surface area contributed by atoms with E-state index in [1.54, 1.807) is 24.3 Å². The lowest BCUT2D eigenvalue weighted by Gasteiger charge is -2.26. The first-order chi connectivity index (χ1) is 18.9. The highest BCUT2D eigenvalue weighted by atomic mass is 19.1. The monoisotopic (exact) mass is 530 g/mol. The van der Waals surface area contributed by atoms with Crippen LogP contribution in [-0.2, 0) is 11.3 Å². The number of carbonyl (C=O) groups is 1. The van der Waals surface area contributed by atoms with E-state index in [2.05, 4.69) is 18.3 Å². The molecular formula is C32H37FN3O3+. The van der Waals surface area contributed by atoms with E-state index in [0.29, 0.717) is 31.7 Å². The summed E-state index contributed by atoms with van der Waals surface area (Å²) in [6.07, 6.45) is 2.38. The first-order valence-corrected chi connectivity index (χ1v) is 13.7. The van der Waals surface area contributed by atoms with E-state index in [-0.39, 0.29) is 17.1 Å². The Kier molecular flexibility index (Phi) is 9.21. The van der Waals surface area contributed by atoms with Crippen LogP contribution in [0, 0.1) is 22.6 Å². The number of anilines is 1. The average molecular weight is 531 g/mol. The normalized spacial score (nSPS) is 16.8. The van der Waals surface area contributed by atoms with E-state index in [4.69, 9.17) is 14.7 Å². The molecule has 1 amide bonds. The van der Waals surface area contributed by atoms with E-state index in [1.165, 1.54) is 12.1 Å². The van der Waals surface area contributed by atoms with Crippen LogP contribution in [0.1, 0.15) is 51.2 Å². The van der Waals surface area contributed by atoms with Crippen molar-refractivity contribution in [2.24, 2.45) is 5.41 Å². The number of amides is 1. The Morgan fingerprint density at radius 2 is 1.64 bits per heavy atom. The molecule has 1 aliphatic rings. The quantitative estimate of drug-likeness (QED) is 0.316. The first-order valence-electron chi connectivity index (χ1n) is 13.7. The average Bonchev–Trinajstić information content (AvgIpc) is 3.29. The van der Waals surface area contributed by atoms with Gasteiger partial charge in [-0.1, -0.05) is 19.1 Å². The van der Waals surface area contributed by atoms with Gasteiger partial charge in [-0.2, -0.15) is 5.26 Å². The third-order valence-corrected chi connectivity index (χ3v) is 7.50. The van der Waals surface area contributed by atoms with Crippen molar-refractivity contribution in [3.63, 3.8) is 0 Å². The number of nitriles is 1. The SMILES string of the molecule is CCOc1cc(C[NH2+]CCC2(CC)CC(=O)N(c3ccc(C#N)cc3)C2)cc(OCC)c1-c1ccc(F)cc1. The Balaban J connectivity index is 1.44. The summed E-state index contributed by atoms with van der Waals surface area (Å²) in [4.78, 5) is 14.8. The first kappa shape index (κ1) is 28.1. The highest BCUT2D eigenvalue weighted by Gasteiger charge is 2.42. The number of quaternary nitrogens is 1. The lowest BCUT2D eigenvalue weighted by Crippen LogP contribution is -2.83. The maximum Gasteiger partial charge on any atom is 0.227 e. The Morgan fingerprint density at radius 3 is 2.21 bits per heavy atom. The van der Waals surface area contributed by atoms with Crippen LogP contribution in [0.4, 0.5) is 10.1 Å². The number of halogens is 1. The van der Waals surface area contributed by atoms with Crippen molar-refractivity contribution in [3.8, 4) is 28.7 Å². The van der Waals surface area contributed by atoms with Gasteiger partial charge in [-0.3, -0.25) is 4.79 Å². The zero-order chi connectivity index (χ0) is 27.8. The molecule has 0 bridgehead atoms. The van der Waals surface area contributed by atoms with Crippen molar-refractivity contribution in [2.75, 3.05) is 31.2 Å². The van der Waals surface area contributed by atoms with Crippen LogP contribution in [0.15, 0.2) is 60.7 Å². The number of hydrogen-bond acceptors (Lipinski definition) is 4. The molecule has 3 aromatic rings. The summed E-state index contributed by atoms with van der Waals surface area (Å²) in [6.45, 7) is 9.39. The molecule has 4 rings (SSSR count). The van der Waals surface area contributed by atoms with E-state index in [9.17, 15) is 9.18 Å². The number of hydrogen-bond donors (Lipinski definition) is 1. The summed E-state index contributed by atoms with van der Waals surface area (Å²) in [5, 5.41) is 11.3. The molecule has 39 heavy (non-hydrogen) atoms. The van der Waals surface area contributed by atoms with Gasteiger partial charge in [0, 0.05) is 36.1 Å². The van der Waals surface area contributed by atoms with Crippen LogP contribution < -0.4 is 19.7 Å². The van der Waals surface area contributed by atoms with Gasteiger partial charge < -0.3 is 19.7 Å². The zero-order valence-corrected chi connectivity index (χ0v) is 23.0. The Bertz CT molecular complexity index is 1290. The van der Waals surface area contributed by atoms with E-state index < -0.39 is 0 Å². The molecule has 6 nitrogen and oxygen atoms in total. The maximum absolute atomic E-state index is 13.6. The molecule has 2 N–H and O–H groups in total. The Morgan fingerprint density at radius 1 is 1.00 bits per heavy atom. The maximum atomic E-state index is 13.6. The molecule has 0 saturated carbocycles. The predicted octanol–water partition coefficient (Wildman–Crippen LogP) is 5.45. The van der Waals surface area contributed by atoms with Crippen LogP contribution in [0.3, 0.4) is 0 Å². The summed E-state index contributed by atoms with van der Waals surface area (Å²) in [7, 11) is 0. The molecule has 1 aliphatic heterocycles. The fourth-order valence-electron chi connectivity index (χ4n) is 5.31. The van der Waals surface area contributed by atoms with Gasteiger partial charge in [0.05, 0.1) is 37.0 Å². The standard InChI is InChI=1S/C32H36FN3O3/c1-4-32(19-30(37)36(22-32)27-13-7-23(20-34)8-14-27)15-16-35-21-24-17-28(38-5-2)31(29(18-24)39-6-3)25-9-11-26(33)12-10-25/h7-14,17-18,35H,4-6,15-16,19,21-22H2,1-3H3/p+1. The lowest BCUT2D eigenvalue weighted by atomic mass is 9.81. The van der Waals surface area contributed by atoms with E-state index in [1.807, 2.05) is 43.0 Å². The fourth-order valence-corrected chi connectivity index (χ4v) is 5.31. The van der Waals surface area contributed by atoms with Crippen molar-refractivity contribution < 1.29 is 24.0 Å². The third-order valence-electron chi connectivity index (χ3n) is 7.50. The van der Waals surface area contributed by atoms with Crippen molar-refractivity contribution >= 4 is 11.6 Å². The van der Waals surface area contributed by atoms with Crippen molar-refractivity contribution in [1.29, 1.82) is 5.26 Å². The van der Waals surface area contributed by atoms with Gasteiger partial charge in [0.25, 0.3) is 0 Å². The number of rotatable bonds is 12. The molecule has 1 fully saturated rings. The van der Waals surface area contributed by atoms with Crippen molar-refractivity contribution in [2.45, 2.75) is 46.6 Å². The molecular weight excluding hydrogens is 493 g/mol. The molecule has 204 valence electrons. The summed E-state index contributed by atoms with van der Waals surface area (Å²) in [5.74, 6) is 1.31. The molecule has 7 heteroatoms. The lowest BCUT2D eigenvalue weighted by molar-refractivity contribution is -0.672. The number of nitrogens with zero attached hydrogens (tertiary/aromatic N) is 2. The minimum absolute atomic E-state index is 0.0686. The molecule has 1 heterocycles. The molecule has 0 aromatic heterocycles.